The highest BCUT2D eigenvalue weighted by Gasteiger charge is 2.27. The number of hydrogen-bond donors (Lipinski definition) is 1. The van der Waals surface area contributed by atoms with E-state index in [-0.39, 0.29) is 5.91 Å². The summed E-state index contributed by atoms with van der Waals surface area (Å²) in [5.41, 5.74) is 2.98. The Balaban J connectivity index is 1.56. The molecule has 2 aromatic rings. The number of amides is 1. The van der Waals surface area contributed by atoms with Gasteiger partial charge in [0.25, 0.3) is 0 Å². The minimum atomic E-state index is -0.154. The Labute approximate surface area is 134 Å². The number of carbonyl (C=O) groups excluding carboxylic acids is 1. The molecule has 1 aromatic carbocycles. The number of rotatable bonds is 5. The summed E-state index contributed by atoms with van der Waals surface area (Å²) >= 11 is 6.04. The number of carbonyl (C=O) groups is 1. The van der Waals surface area contributed by atoms with Crippen molar-refractivity contribution in [2.24, 2.45) is 7.05 Å². The molecule has 0 radical (unpaired) electrons. The van der Waals surface area contributed by atoms with E-state index >= 15 is 0 Å². The van der Waals surface area contributed by atoms with Gasteiger partial charge in [0.1, 0.15) is 0 Å². The molecule has 1 fully saturated rings. The molecule has 1 aromatic heterocycles. The number of aromatic nitrogens is 2. The van der Waals surface area contributed by atoms with Gasteiger partial charge in [0.2, 0.25) is 5.91 Å². The second-order valence-corrected chi connectivity index (χ2v) is 5.94. The van der Waals surface area contributed by atoms with E-state index in [0.717, 1.165) is 11.3 Å². The highest BCUT2D eigenvalue weighted by Crippen LogP contribution is 2.39. The maximum absolute atomic E-state index is 11.9. The lowest BCUT2D eigenvalue weighted by atomic mass is 10.2. The van der Waals surface area contributed by atoms with Gasteiger partial charge in [0.15, 0.2) is 0 Å². The Kier molecular flexibility index (Phi) is 4.29. The lowest BCUT2D eigenvalue weighted by Crippen LogP contribution is -2.20. The SMILES string of the molecule is Cn1nc(CNC(=O)/C=C/c2ccccc2Cl)cc1C1CC1. The molecule has 1 N–H and O–H groups in total. The number of halogens is 1. The van der Waals surface area contributed by atoms with E-state index in [2.05, 4.69) is 16.5 Å². The zero-order chi connectivity index (χ0) is 15.5. The van der Waals surface area contributed by atoms with Crippen LogP contribution in [0.3, 0.4) is 0 Å². The largest absolute Gasteiger partial charge is 0.347 e. The number of nitrogens with zero attached hydrogens (tertiary/aromatic N) is 2. The van der Waals surface area contributed by atoms with Gasteiger partial charge in [-0.1, -0.05) is 29.8 Å². The Morgan fingerprint density at radius 2 is 2.23 bits per heavy atom. The van der Waals surface area contributed by atoms with E-state index in [4.69, 9.17) is 11.6 Å². The van der Waals surface area contributed by atoms with Gasteiger partial charge in [0.05, 0.1) is 12.2 Å². The van der Waals surface area contributed by atoms with Crippen LogP contribution in [-0.4, -0.2) is 15.7 Å². The summed E-state index contributed by atoms with van der Waals surface area (Å²) in [6.07, 6.45) is 5.69. The predicted molar refractivity (Wildman–Crippen MR) is 87.5 cm³/mol. The first-order chi connectivity index (χ1) is 10.6. The van der Waals surface area contributed by atoms with Gasteiger partial charge in [-0.3, -0.25) is 9.48 Å². The third kappa shape index (κ3) is 3.57. The molecule has 0 saturated heterocycles. The number of hydrogen-bond acceptors (Lipinski definition) is 2. The molecule has 4 nitrogen and oxygen atoms in total. The van der Waals surface area contributed by atoms with Crippen LogP contribution < -0.4 is 5.32 Å². The van der Waals surface area contributed by atoms with E-state index in [0.29, 0.717) is 17.5 Å². The first kappa shape index (κ1) is 14.9. The molecule has 1 amide bonds. The fourth-order valence-corrected chi connectivity index (χ4v) is 2.60. The van der Waals surface area contributed by atoms with Gasteiger partial charge < -0.3 is 5.32 Å². The fourth-order valence-electron chi connectivity index (χ4n) is 2.40. The van der Waals surface area contributed by atoms with Crippen LogP contribution in [0.5, 0.6) is 0 Å². The van der Waals surface area contributed by atoms with Gasteiger partial charge in [0, 0.05) is 29.8 Å². The zero-order valence-corrected chi connectivity index (χ0v) is 13.2. The lowest BCUT2D eigenvalue weighted by Gasteiger charge is -1.99. The smallest absolute Gasteiger partial charge is 0.244 e. The average Bonchev–Trinajstić information content (AvgIpc) is 3.28. The molecular weight excluding hydrogens is 298 g/mol. The Morgan fingerprint density at radius 1 is 1.45 bits per heavy atom. The molecule has 0 bridgehead atoms. The van der Waals surface area contributed by atoms with Crippen molar-refractivity contribution in [3.63, 3.8) is 0 Å². The van der Waals surface area contributed by atoms with E-state index in [1.807, 2.05) is 29.9 Å². The molecule has 1 heterocycles. The molecule has 0 unspecified atom stereocenters. The number of benzene rings is 1. The Morgan fingerprint density at radius 3 is 2.95 bits per heavy atom. The molecule has 1 saturated carbocycles. The fraction of sp³-hybridized carbons (Fsp3) is 0.294. The Bertz CT molecular complexity index is 716. The molecule has 3 rings (SSSR count). The van der Waals surface area contributed by atoms with Crippen molar-refractivity contribution in [2.75, 3.05) is 0 Å². The maximum Gasteiger partial charge on any atom is 0.244 e. The highest BCUT2D eigenvalue weighted by atomic mass is 35.5. The summed E-state index contributed by atoms with van der Waals surface area (Å²) in [5, 5.41) is 7.91. The first-order valence-electron chi connectivity index (χ1n) is 7.37. The van der Waals surface area contributed by atoms with Crippen LogP contribution in [0, 0.1) is 0 Å². The second kappa shape index (κ2) is 6.36. The normalized spacial score (nSPS) is 14.5. The van der Waals surface area contributed by atoms with Crippen molar-refractivity contribution in [3.8, 4) is 0 Å². The molecule has 5 heteroatoms. The second-order valence-electron chi connectivity index (χ2n) is 5.53. The molecular formula is C17H18ClN3O. The van der Waals surface area contributed by atoms with Crippen molar-refractivity contribution in [1.29, 1.82) is 0 Å². The van der Waals surface area contributed by atoms with Gasteiger partial charge in [-0.25, -0.2) is 0 Å². The van der Waals surface area contributed by atoms with Crippen LogP contribution in [0.2, 0.25) is 5.02 Å². The van der Waals surface area contributed by atoms with Crippen LogP contribution in [0.25, 0.3) is 6.08 Å². The summed E-state index contributed by atoms with van der Waals surface area (Å²) in [7, 11) is 1.95. The standard InChI is InChI=1S/C17H18ClN3O/c1-21-16(13-6-7-13)10-14(20-21)11-19-17(22)9-8-12-4-2-3-5-15(12)18/h2-5,8-10,13H,6-7,11H2,1H3,(H,19,22)/b9-8+. The first-order valence-corrected chi connectivity index (χ1v) is 7.74. The number of nitrogens with one attached hydrogen (secondary N) is 1. The lowest BCUT2D eigenvalue weighted by molar-refractivity contribution is -0.116. The summed E-state index contributed by atoms with van der Waals surface area (Å²) in [4.78, 5) is 11.9. The van der Waals surface area contributed by atoms with E-state index in [1.54, 1.807) is 12.1 Å². The minimum absolute atomic E-state index is 0.154. The van der Waals surface area contributed by atoms with Gasteiger partial charge >= 0.3 is 0 Å². The van der Waals surface area contributed by atoms with Crippen LogP contribution in [-0.2, 0) is 18.4 Å². The zero-order valence-electron chi connectivity index (χ0n) is 12.4. The number of aryl methyl sites for hydroxylation is 1. The Hall–Kier alpha value is -2.07. The molecule has 114 valence electrons. The van der Waals surface area contributed by atoms with E-state index in [9.17, 15) is 4.79 Å². The van der Waals surface area contributed by atoms with Crippen molar-refractivity contribution >= 4 is 23.6 Å². The summed E-state index contributed by atoms with van der Waals surface area (Å²) in [5.74, 6) is 0.501. The summed E-state index contributed by atoms with van der Waals surface area (Å²) < 4.78 is 1.92. The monoisotopic (exact) mass is 315 g/mol. The molecule has 1 aliphatic carbocycles. The van der Waals surface area contributed by atoms with Gasteiger partial charge in [-0.05, 0) is 36.6 Å². The van der Waals surface area contributed by atoms with Crippen molar-refractivity contribution in [1.82, 2.24) is 15.1 Å². The molecule has 0 atom stereocenters. The summed E-state index contributed by atoms with van der Waals surface area (Å²) in [6.45, 7) is 0.437. The van der Waals surface area contributed by atoms with Gasteiger partial charge in [-0.2, -0.15) is 5.10 Å². The third-order valence-electron chi connectivity index (χ3n) is 3.73. The third-order valence-corrected chi connectivity index (χ3v) is 4.07. The summed E-state index contributed by atoms with van der Waals surface area (Å²) in [6, 6.07) is 9.49. The van der Waals surface area contributed by atoms with E-state index < -0.39 is 0 Å². The van der Waals surface area contributed by atoms with Crippen LogP contribution >= 0.6 is 11.6 Å². The molecule has 22 heavy (non-hydrogen) atoms. The van der Waals surface area contributed by atoms with E-state index in [1.165, 1.54) is 24.6 Å². The molecule has 1 aliphatic rings. The predicted octanol–water partition coefficient (Wildman–Crippen LogP) is 3.28. The topological polar surface area (TPSA) is 46.9 Å². The average molecular weight is 316 g/mol. The van der Waals surface area contributed by atoms with Gasteiger partial charge in [-0.15, -0.1) is 0 Å². The minimum Gasteiger partial charge on any atom is -0.347 e. The van der Waals surface area contributed by atoms with Crippen LogP contribution in [0.1, 0.15) is 35.7 Å². The van der Waals surface area contributed by atoms with Crippen LogP contribution in [0.15, 0.2) is 36.4 Å². The highest BCUT2D eigenvalue weighted by molar-refractivity contribution is 6.32. The maximum atomic E-state index is 11.9. The van der Waals surface area contributed by atoms with Crippen molar-refractivity contribution < 1.29 is 4.79 Å². The molecule has 0 aliphatic heterocycles. The van der Waals surface area contributed by atoms with Crippen molar-refractivity contribution in [2.45, 2.75) is 25.3 Å². The quantitative estimate of drug-likeness (QED) is 0.861. The van der Waals surface area contributed by atoms with Crippen LogP contribution in [0.4, 0.5) is 0 Å². The van der Waals surface area contributed by atoms with Crippen molar-refractivity contribution in [3.05, 3.63) is 58.4 Å². The molecule has 0 spiro atoms.